The van der Waals surface area contributed by atoms with Gasteiger partial charge in [-0.25, -0.2) is 8.78 Å². The van der Waals surface area contributed by atoms with E-state index in [4.69, 9.17) is 9.47 Å². The molecule has 0 saturated carbocycles. The van der Waals surface area contributed by atoms with Crippen LogP contribution in [0.3, 0.4) is 0 Å². The molecule has 1 aromatic heterocycles. The molecule has 0 amide bonds. The first-order valence-electron chi connectivity index (χ1n) is 5.14. The molecular weight excluding hydrogens is 244 g/mol. The summed E-state index contributed by atoms with van der Waals surface area (Å²) in [5, 5.41) is 0.225. The smallest absolute Gasteiger partial charge is 0.278 e. The van der Waals surface area contributed by atoms with Gasteiger partial charge in [-0.2, -0.15) is 0 Å². The number of H-pyrrole nitrogens is 1. The topological polar surface area (TPSA) is 51.3 Å². The standard InChI is InChI=1S/C12H11F2NO3/c1-17-6-3-7-11(10(4-6)18-2)9(16)5-8(15-7)12(13)14/h3-5,12H,1-2H3,(H,15,16). The van der Waals surface area contributed by atoms with Gasteiger partial charge in [-0.1, -0.05) is 0 Å². The van der Waals surface area contributed by atoms with Crippen molar-refractivity contribution in [3.05, 3.63) is 34.1 Å². The monoisotopic (exact) mass is 255 g/mol. The van der Waals surface area contributed by atoms with Crippen LogP contribution < -0.4 is 14.9 Å². The Bertz CT molecular complexity index is 637. The maximum absolute atomic E-state index is 12.6. The van der Waals surface area contributed by atoms with Crippen LogP contribution in [0.4, 0.5) is 8.78 Å². The summed E-state index contributed by atoms with van der Waals surface area (Å²) in [5.41, 5.74) is -0.685. The van der Waals surface area contributed by atoms with Crippen LogP contribution in [0.25, 0.3) is 10.9 Å². The van der Waals surface area contributed by atoms with E-state index in [2.05, 4.69) is 4.98 Å². The van der Waals surface area contributed by atoms with Crippen LogP contribution in [0.15, 0.2) is 23.0 Å². The molecular formula is C12H11F2NO3. The number of methoxy groups -OCH3 is 2. The van der Waals surface area contributed by atoms with Crippen molar-refractivity contribution in [1.82, 2.24) is 4.98 Å². The Hall–Kier alpha value is -2.11. The van der Waals surface area contributed by atoms with Gasteiger partial charge >= 0.3 is 0 Å². The second kappa shape index (κ2) is 4.64. The predicted octanol–water partition coefficient (Wildman–Crippen LogP) is 2.48. The van der Waals surface area contributed by atoms with Gasteiger partial charge in [0.25, 0.3) is 6.43 Å². The van der Waals surface area contributed by atoms with Gasteiger partial charge in [0.1, 0.15) is 11.5 Å². The molecule has 4 nitrogen and oxygen atoms in total. The van der Waals surface area contributed by atoms with Gasteiger partial charge in [-0.3, -0.25) is 4.79 Å². The first kappa shape index (κ1) is 12.3. The SMILES string of the molecule is COc1cc(OC)c2c(=O)cc(C(F)F)[nH]c2c1. The molecule has 2 aromatic rings. The van der Waals surface area contributed by atoms with Gasteiger partial charge in [-0.15, -0.1) is 0 Å². The number of hydrogen-bond acceptors (Lipinski definition) is 3. The van der Waals surface area contributed by atoms with Crippen molar-refractivity contribution in [2.75, 3.05) is 14.2 Å². The van der Waals surface area contributed by atoms with Crippen molar-refractivity contribution in [3.8, 4) is 11.5 Å². The summed E-state index contributed by atoms with van der Waals surface area (Å²) in [6, 6.07) is 3.88. The number of fused-ring (bicyclic) bond motifs is 1. The molecule has 0 bridgehead atoms. The van der Waals surface area contributed by atoms with Crippen LogP contribution in [0.2, 0.25) is 0 Å². The van der Waals surface area contributed by atoms with E-state index in [0.29, 0.717) is 5.75 Å². The van der Waals surface area contributed by atoms with Crippen molar-refractivity contribution in [2.45, 2.75) is 6.43 Å². The summed E-state index contributed by atoms with van der Waals surface area (Å²) in [7, 11) is 2.84. The van der Waals surface area contributed by atoms with Crippen LogP contribution in [0, 0.1) is 0 Å². The third-order valence-corrected chi connectivity index (χ3v) is 2.58. The van der Waals surface area contributed by atoms with Gasteiger partial charge in [0.2, 0.25) is 0 Å². The average Bonchev–Trinajstić information content (AvgIpc) is 2.36. The Kier molecular flexibility index (Phi) is 3.18. The Morgan fingerprint density at radius 3 is 2.44 bits per heavy atom. The lowest BCUT2D eigenvalue weighted by Gasteiger charge is -2.09. The summed E-state index contributed by atoms with van der Waals surface area (Å²) in [5.74, 6) is 0.702. The van der Waals surface area contributed by atoms with E-state index in [1.54, 1.807) is 0 Å². The largest absolute Gasteiger partial charge is 0.497 e. The van der Waals surface area contributed by atoms with Crippen LogP contribution in [-0.4, -0.2) is 19.2 Å². The van der Waals surface area contributed by atoms with E-state index in [1.165, 1.54) is 26.4 Å². The highest BCUT2D eigenvalue weighted by molar-refractivity contribution is 5.86. The lowest BCUT2D eigenvalue weighted by Crippen LogP contribution is -2.07. The molecule has 0 saturated heterocycles. The molecule has 0 aliphatic rings. The maximum Gasteiger partial charge on any atom is 0.278 e. The number of ether oxygens (including phenoxy) is 2. The van der Waals surface area contributed by atoms with E-state index in [0.717, 1.165) is 6.07 Å². The molecule has 18 heavy (non-hydrogen) atoms. The number of aromatic amines is 1. The molecule has 1 heterocycles. The minimum atomic E-state index is -2.74. The lowest BCUT2D eigenvalue weighted by atomic mass is 10.1. The summed E-state index contributed by atoms with van der Waals surface area (Å²) in [6.07, 6.45) is -2.74. The zero-order valence-corrected chi connectivity index (χ0v) is 9.79. The fourth-order valence-electron chi connectivity index (χ4n) is 1.74. The normalized spacial score (nSPS) is 10.9. The van der Waals surface area contributed by atoms with Crippen molar-refractivity contribution < 1.29 is 18.3 Å². The van der Waals surface area contributed by atoms with Crippen molar-refractivity contribution >= 4 is 10.9 Å². The molecule has 0 aliphatic heterocycles. The summed E-state index contributed by atoms with van der Waals surface area (Å²) in [4.78, 5) is 14.3. The Balaban J connectivity index is 2.82. The molecule has 0 aliphatic carbocycles. The van der Waals surface area contributed by atoms with E-state index in [9.17, 15) is 13.6 Å². The van der Waals surface area contributed by atoms with Crippen molar-refractivity contribution in [2.24, 2.45) is 0 Å². The second-order valence-electron chi connectivity index (χ2n) is 3.64. The third kappa shape index (κ3) is 2.01. The highest BCUT2D eigenvalue weighted by atomic mass is 19.3. The number of rotatable bonds is 3. The lowest BCUT2D eigenvalue weighted by molar-refractivity contribution is 0.146. The van der Waals surface area contributed by atoms with E-state index >= 15 is 0 Å². The predicted molar refractivity (Wildman–Crippen MR) is 62.6 cm³/mol. The summed E-state index contributed by atoms with van der Waals surface area (Å²) in [6.45, 7) is 0. The molecule has 0 radical (unpaired) electrons. The van der Waals surface area contributed by atoms with Crippen LogP contribution in [0.1, 0.15) is 12.1 Å². The molecule has 0 spiro atoms. The Labute approximate surface area is 101 Å². The minimum Gasteiger partial charge on any atom is -0.497 e. The highest BCUT2D eigenvalue weighted by Gasteiger charge is 2.14. The van der Waals surface area contributed by atoms with Gasteiger partial charge < -0.3 is 14.5 Å². The quantitative estimate of drug-likeness (QED) is 0.916. The Morgan fingerprint density at radius 1 is 1.17 bits per heavy atom. The van der Waals surface area contributed by atoms with Gasteiger partial charge in [0.05, 0.1) is 30.8 Å². The van der Waals surface area contributed by atoms with Crippen LogP contribution in [-0.2, 0) is 0 Å². The molecule has 2 rings (SSSR count). The Morgan fingerprint density at radius 2 is 1.89 bits per heavy atom. The number of nitrogens with one attached hydrogen (secondary N) is 1. The minimum absolute atomic E-state index is 0.225. The average molecular weight is 255 g/mol. The second-order valence-corrected chi connectivity index (χ2v) is 3.64. The molecule has 6 heteroatoms. The van der Waals surface area contributed by atoms with Gasteiger partial charge in [0, 0.05) is 18.2 Å². The van der Waals surface area contributed by atoms with E-state index in [-0.39, 0.29) is 16.7 Å². The number of halogens is 2. The molecule has 0 fully saturated rings. The number of alkyl halides is 2. The van der Waals surface area contributed by atoms with Crippen molar-refractivity contribution in [1.29, 1.82) is 0 Å². The fourth-order valence-corrected chi connectivity index (χ4v) is 1.74. The fraction of sp³-hybridized carbons (Fsp3) is 0.250. The number of hydrogen-bond donors (Lipinski definition) is 1. The van der Waals surface area contributed by atoms with E-state index in [1.807, 2.05) is 0 Å². The van der Waals surface area contributed by atoms with Crippen molar-refractivity contribution in [3.63, 3.8) is 0 Å². The number of pyridine rings is 1. The number of benzene rings is 1. The molecule has 1 N–H and O–H groups in total. The summed E-state index contributed by atoms with van der Waals surface area (Å²) < 4.78 is 35.3. The van der Waals surface area contributed by atoms with Gasteiger partial charge in [0.15, 0.2) is 5.43 Å². The first-order valence-corrected chi connectivity index (χ1v) is 5.14. The molecule has 96 valence electrons. The van der Waals surface area contributed by atoms with Gasteiger partial charge in [-0.05, 0) is 0 Å². The summed E-state index contributed by atoms with van der Waals surface area (Å²) >= 11 is 0. The molecule has 1 aromatic carbocycles. The zero-order valence-electron chi connectivity index (χ0n) is 9.79. The van der Waals surface area contributed by atoms with Crippen LogP contribution >= 0.6 is 0 Å². The number of aromatic nitrogens is 1. The maximum atomic E-state index is 12.6. The first-order chi connectivity index (χ1) is 8.56. The van der Waals surface area contributed by atoms with E-state index < -0.39 is 17.5 Å². The molecule has 0 unspecified atom stereocenters. The molecule has 0 atom stereocenters. The zero-order chi connectivity index (χ0) is 13.3. The van der Waals surface area contributed by atoms with Crippen LogP contribution in [0.5, 0.6) is 11.5 Å². The highest BCUT2D eigenvalue weighted by Crippen LogP contribution is 2.29. The third-order valence-electron chi connectivity index (χ3n) is 2.58.